The van der Waals surface area contributed by atoms with E-state index in [1.807, 2.05) is 39.0 Å². The number of phenolic OH excluding ortho intramolecular Hbond substituents is 1. The normalized spacial score (nSPS) is 19.9. The summed E-state index contributed by atoms with van der Waals surface area (Å²) in [5.74, 6) is 2.16. The summed E-state index contributed by atoms with van der Waals surface area (Å²) in [6.45, 7) is 8.06. The lowest BCUT2D eigenvalue weighted by molar-refractivity contribution is 0.0609. The lowest BCUT2D eigenvalue weighted by atomic mass is 9.83. The molecule has 0 aliphatic carbocycles. The van der Waals surface area contributed by atoms with Crippen molar-refractivity contribution in [1.29, 1.82) is 0 Å². The summed E-state index contributed by atoms with van der Waals surface area (Å²) >= 11 is 0. The second-order valence-electron chi connectivity index (χ2n) is 6.60. The molecule has 3 nitrogen and oxygen atoms in total. The molecule has 1 unspecified atom stereocenters. The summed E-state index contributed by atoms with van der Waals surface area (Å²) in [6, 6.07) is 8.07. The summed E-state index contributed by atoms with van der Waals surface area (Å²) in [6.07, 6.45) is 1.76. The summed E-state index contributed by atoms with van der Waals surface area (Å²) < 4.78 is 11.8. The van der Waals surface area contributed by atoms with E-state index >= 15 is 0 Å². The second-order valence-corrected chi connectivity index (χ2v) is 6.60. The van der Waals surface area contributed by atoms with Crippen LogP contribution in [0.25, 0.3) is 0 Å². The lowest BCUT2D eigenvalue weighted by Gasteiger charge is -2.38. The maximum atomic E-state index is 10.3. The van der Waals surface area contributed by atoms with Gasteiger partial charge in [0.2, 0.25) is 0 Å². The number of phenols is 1. The van der Waals surface area contributed by atoms with E-state index in [-0.39, 0.29) is 5.60 Å². The maximum absolute atomic E-state index is 10.3. The van der Waals surface area contributed by atoms with E-state index in [0.717, 1.165) is 52.2 Å². The molecule has 0 saturated carbocycles. The highest BCUT2D eigenvalue weighted by molar-refractivity contribution is 5.58. The Morgan fingerprint density at radius 1 is 1.13 bits per heavy atom. The quantitative estimate of drug-likeness (QED) is 0.883. The monoisotopic (exact) mass is 312 g/mol. The van der Waals surface area contributed by atoms with Gasteiger partial charge in [0, 0.05) is 5.56 Å². The average molecular weight is 312 g/mol. The Morgan fingerprint density at radius 3 is 2.57 bits per heavy atom. The first-order chi connectivity index (χ1) is 10.9. The number of benzene rings is 2. The highest BCUT2D eigenvalue weighted by Gasteiger charge is 2.36. The first-order valence-electron chi connectivity index (χ1n) is 8.02. The van der Waals surface area contributed by atoms with Gasteiger partial charge in [0.1, 0.15) is 22.8 Å². The van der Waals surface area contributed by atoms with Gasteiger partial charge in [0.15, 0.2) is 0 Å². The van der Waals surface area contributed by atoms with Crippen molar-refractivity contribution in [3.05, 3.63) is 52.1 Å². The smallest absolute Gasteiger partial charge is 0.132 e. The van der Waals surface area contributed by atoms with E-state index in [1.54, 1.807) is 7.11 Å². The fourth-order valence-electron chi connectivity index (χ4n) is 3.40. The number of hydrogen-bond donors (Lipinski definition) is 1. The van der Waals surface area contributed by atoms with Gasteiger partial charge in [-0.05, 0) is 74.9 Å². The van der Waals surface area contributed by atoms with E-state index < -0.39 is 0 Å². The molecule has 122 valence electrons. The SMILES string of the molecule is COc1cccc(C2(C)CCc3c(C)c(O)c(C)c(C)c3O2)c1. The fourth-order valence-corrected chi connectivity index (χ4v) is 3.40. The van der Waals surface area contributed by atoms with Crippen molar-refractivity contribution in [3.63, 3.8) is 0 Å². The predicted molar refractivity (Wildman–Crippen MR) is 91.6 cm³/mol. The molecule has 23 heavy (non-hydrogen) atoms. The van der Waals surface area contributed by atoms with Gasteiger partial charge in [-0.2, -0.15) is 0 Å². The topological polar surface area (TPSA) is 38.7 Å². The van der Waals surface area contributed by atoms with Crippen molar-refractivity contribution in [2.75, 3.05) is 7.11 Å². The molecule has 0 amide bonds. The highest BCUT2D eigenvalue weighted by atomic mass is 16.5. The second kappa shape index (κ2) is 5.48. The van der Waals surface area contributed by atoms with Crippen molar-refractivity contribution in [3.8, 4) is 17.2 Å². The summed E-state index contributed by atoms with van der Waals surface area (Å²) in [5, 5.41) is 10.3. The molecule has 1 atom stereocenters. The molecule has 0 bridgehead atoms. The molecule has 2 aromatic rings. The van der Waals surface area contributed by atoms with Crippen molar-refractivity contribution < 1.29 is 14.6 Å². The Kier molecular flexibility index (Phi) is 3.75. The Morgan fingerprint density at radius 2 is 1.87 bits per heavy atom. The van der Waals surface area contributed by atoms with Crippen LogP contribution in [-0.4, -0.2) is 12.2 Å². The van der Waals surface area contributed by atoms with Gasteiger partial charge in [-0.3, -0.25) is 0 Å². The predicted octanol–water partition coefficient (Wildman–Crippen LogP) is 4.57. The lowest BCUT2D eigenvalue weighted by Crippen LogP contribution is -2.34. The molecule has 1 heterocycles. The minimum Gasteiger partial charge on any atom is -0.507 e. The third-order valence-electron chi connectivity index (χ3n) is 5.20. The van der Waals surface area contributed by atoms with E-state index in [0.29, 0.717) is 5.75 Å². The molecule has 0 aromatic heterocycles. The van der Waals surface area contributed by atoms with E-state index in [4.69, 9.17) is 9.47 Å². The van der Waals surface area contributed by atoms with Crippen LogP contribution < -0.4 is 9.47 Å². The number of hydrogen-bond acceptors (Lipinski definition) is 3. The Labute approximate surface area is 137 Å². The van der Waals surface area contributed by atoms with Gasteiger partial charge >= 0.3 is 0 Å². The van der Waals surface area contributed by atoms with E-state index in [1.165, 1.54) is 0 Å². The maximum Gasteiger partial charge on any atom is 0.132 e. The van der Waals surface area contributed by atoms with Crippen LogP contribution in [0, 0.1) is 20.8 Å². The zero-order chi connectivity index (χ0) is 16.8. The van der Waals surface area contributed by atoms with Crippen molar-refractivity contribution in [1.82, 2.24) is 0 Å². The molecule has 1 aliphatic rings. The van der Waals surface area contributed by atoms with Crippen LogP contribution in [0.3, 0.4) is 0 Å². The number of ether oxygens (including phenoxy) is 2. The summed E-state index contributed by atoms with van der Waals surface area (Å²) in [5.41, 5.74) is 4.72. The van der Waals surface area contributed by atoms with Gasteiger partial charge in [0.05, 0.1) is 7.11 Å². The molecule has 0 spiro atoms. The summed E-state index contributed by atoms with van der Waals surface area (Å²) in [4.78, 5) is 0. The van der Waals surface area contributed by atoms with Gasteiger partial charge < -0.3 is 14.6 Å². The molecule has 3 rings (SSSR count). The Hall–Kier alpha value is -2.16. The van der Waals surface area contributed by atoms with Crippen LogP contribution in [0.1, 0.15) is 41.2 Å². The van der Waals surface area contributed by atoms with Crippen LogP contribution in [0.15, 0.2) is 24.3 Å². The summed E-state index contributed by atoms with van der Waals surface area (Å²) in [7, 11) is 1.68. The fraction of sp³-hybridized carbons (Fsp3) is 0.400. The molecule has 1 N–H and O–H groups in total. The minimum absolute atomic E-state index is 0.387. The van der Waals surface area contributed by atoms with Crippen LogP contribution in [0.5, 0.6) is 17.2 Å². The molecule has 0 fully saturated rings. The molecule has 1 aliphatic heterocycles. The molecule has 0 radical (unpaired) electrons. The van der Waals surface area contributed by atoms with Gasteiger partial charge in [0.25, 0.3) is 0 Å². The van der Waals surface area contributed by atoms with Crippen molar-refractivity contribution >= 4 is 0 Å². The van der Waals surface area contributed by atoms with Crippen LogP contribution in [0.2, 0.25) is 0 Å². The molecule has 3 heteroatoms. The van der Waals surface area contributed by atoms with E-state index in [9.17, 15) is 5.11 Å². The standard InChI is InChI=1S/C20H24O3/c1-12-13(2)19-17(14(3)18(12)21)9-10-20(4,23-19)15-7-6-8-16(11-15)22-5/h6-8,11,21H,9-10H2,1-5H3. The van der Waals surface area contributed by atoms with Crippen molar-refractivity contribution in [2.45, 2.75) is 46.1 Å². The number of fused-ring (bicyclic) bond motifs is 1. The number of aromatic hydroxyl groups is 1. The third kappa shape index (κ3) is 2.44. The Balaban J connectivity index is 2.08. The van der Waals surface area contributed by atoms with Crippen molar-refractivity contribution in [2.24, 2.45) is 0 Å². The van der Waals surface area contributed by atoms with Crippen LogP contribution in [0.4, 0.5) is 0 Å². The molecule has 0 saturated heterocycles. The van der Waals surface area contributed by atoms with Crippen LogP contribution in [-0.2, 0) is 12.0 Å². The highest BCUT2D eigenvalue weighted by Crippen LogP contribution is 2.46. The first kappa shape index (κ1) is 15.7. The van der Waals surface area contributed by atoms with Gasteiger partial charge in [-0.15, -0.1) is 0 Å². The molecule has 2 aromatic carbocycles. The van der Waals surface area contributed by atoms with Gasteiger partial charge in [-0.25, -0.2) is 0 Å². The number of methoxy groups -OCH3 is 1. The third-order valence-corrected chi connectivity index (χ3v) is 5.20. The molecular weight excluding hydrogens is 288 g/mol. The van der Waals surface area contributed by atoms with E-state index in [2.05, 4.69) is 13.0 Å². The number of rotatable bonds is 2. The Bertz CT molecular complexity index is 764. The minimum atomic E-state index is -0.387. The zero-order valence-corrected chi connectivity index (χ0v) is 14.5. The molecular formula is C20H24O3. The van der Waals surface area contributed by atoms with Gasteiger partial charge in [-0.1, -0.05) is 12.1 Å². The largest absolute Gasteiger partial charge is 0.507 e. The zero-order valence-electron chi connectivity index (χ0n) is 14.5. The van der Waals surface area contributed by atoms with Crippen LogP contribution >= 0.6 is 0 Å². The average Bonchev–Trinajstić information content (AvgIpc) is 2.58. The first-order valence-corrected chi connectivity index (χ1v) is 8.02.